The first-order valence-corrected chi connectivity index (χ1v) is 11.5. The molecule has 0 saturated carbocycles. The van der Waals surface area contributed by atoms with Crippen LogP contribution in [0.2, 0.25) is 5.02 Å². The summed E-state index contributed by atoms with van der Waals surface area (Å²) in [6.45, 7) is 2.49. The second kappa shape index (κ2) is 9.32. The number of aromatic nitrogens is 2. The number of carbonyl (C=O) groups excluding carboxylic acids is 1. The second-order valence-electron chi connectivity index (χ2n) is 7.92. The number of carbonyl (C=O) groups is 1. The van der Waals surface area contributed by atoms with E-state index in [1.165, 1.54) is 16.2 Å². The van der Waals surface area contributed by atoms with E-state index in [1.54, 1.807) is 7.11 Å². The van der Waals surface area contributed by atoms with Crippen molar-refractivity contribution in [2.24, 2.45) is 0 Å². The lowest BCUT2D eigenvalue weighted by atomic mass is 10.1. The molecule has 6 nitrogen and oxygen atoms in total. The van der Waals surface area contributed by atoms with Gasteiger partial charge in [0.2, 0.25) is 0 Å². The van der Waals surface area contributed by atoms with Crippen molar-refractivity contribution < 1.29 is 14.4 Å². The van der Waals surface area contributed by atoms with E-state index in [1.807, 2.05) is 66.2 Å². The number of nitrogens with zero attached hydrogens (tertiary/aromatic N) is 2. The minimum atomic E-state index is -0.0759. The molecular formula is C24H26ClN4O2S+. The number of hydrogen-bond acceptors (Lipinski definition) is 4. The van der Waals surface area contributed by atoms with Gasteiger partial charge in [0.15, 0.2) is 0 Å². The number of quaternary nitrogens is 1. The van der Waals surface area contributed by atoms with E-state index in [9.17, 15) is 4.79 Å². The highest BCUT2D eigenvalue weighted by molar-refractivity contribution is 7.20. The summed E-state index contributed by atoms with van der Waals surface area (Å²) < 4.78 is 7.12. The zero-order valence-corrected chi connectivity index (χ0v) is 20.1. The number of aryl methyl sites for hydroxylation is 1. The molecule has 166 valence electrons. The van der Waals surface area contributed by atoms with Crippen molar-refractivity contribution in [3.63, 3.8) is 0 Å². The van der Waals surface area contributed by atoms with Gasteiger partial charge < -0.3 is 15.0 Å². The number of fused-ring (bicyclic) bond motifs is 1. The summed E-state index contributed by atoms with van der Waals surface area (Å²) in [5.74, 6) is 0.744. The average molecular weight is 470 g/mol. The molecule has 0 saturated heterocycles. The molecular weight excluding hydrogens is 444 g/mol. The number of likely N-dealkylation sites (N-methyl/N-ethyl adjacent to an activating group) is 1. The summed E-state index contributed by atoms with van der Waals surface area (Å²) in [5.41, 5.74) is 2.95. The number of ether oxygens (including phenoxy) is 1. The van der Waals surface area contributed by atoms with E-state index < -0.39 is 0 Å². The predicted octanol–water partition coefficient (Wildman–Crippen LogP) is 3.67. The Morgan fingerprint density at radius 1 is 1.19 bits per heavy atom. The molecule has 0 bridgehead atoms. The van der Waals surface area contributed by atoms with E-state index in [2.05, 4.69) is 24.5 Å². The molecule has 0 radical (unpaired) electrons. The van der Waals surface area contributed by atoms with Crippen LogP contribution >= 0.6 is 22.9 Å². The predicted molar refractivity (Wildman–Crippen MR) is 130 cm³/mol. The zero-order chi connectivity index (χ0) is 22.8. The van der Waals surface area contributed by atoms with E-state index in [4.69, 9.17) is 16.3 Å². The Balaban J connectivity index is 1.54. The number of nitrogens with one attached hydrogen (secondary N) is 2. The second-order valence-corrected chi connectivity index (χ2v) is 9.38. The average Bonchev–Trinajstić information content (AvgIpc) is 3.35. The number of halogens is 1. The van der Waals surface area contributed by atoms with Crippen LogP contribution in [0, 0.1) is 6.92 Å². The Labute approximate surface area is 196 Å². The molecule has 1 atom stereocenters. The molecule has 0 aliphatic rings. The topological polar surface area (TPSA) is 60.6 Å². The molecule has 2 N–H and O–H groups in total. The first-order chi connectivity index (χ1) is 15.4. The Kier molecular flexibility index (Phi) is 6.50. The van der Waals surface area contributed by atoms with Crippen LogP contribution < -0.4 is 15.0 Å². The zero-order valence-electron chi connectivity index (χ0n) is 18.5. The molecule has 2 heterocycles. The number of benzene rings is 2. The van der Waals surface area contributed by atoms with Crippen molar-refractivity contribution in [1.82, 2.24) is 15.1 Å². The van der Waals surface area contributed by atoms with Gasteiger partial charge in [0.1, 0.15) is 16.6 Å². The first-order valence-electron chi connectivity index (χ1n) is 10.3. The van der Waals surface area contributed by atoms with Crippen LogP contribution in [0.5, 0.6) is 5.75 Å². The molecule has 0 unspecified atom stereocenters. The molecule has 2 aromatic carbocycles. The van der Waals surface area contributed by atoms with Gasteiger partial charge in [0, 0.05) is 16.0 Å². The van der Waals surface area contributed by atoms with Crippen LogP contribution in [0.1, 0.15) is 27.0 Å². The Morgan fingerprint density at radius 3 is 2.50 bits per heavy atom. The van der Waals surface area contributed by atoms with E-state index in [-0.39, 0.29) is 11.9 Å². The van der Waals surface area contributed by atoms with Gasteiger partial charge in [-0.25, -0.2) is 4.68 Å². The molecule has 2 aromatic heterocycles. The van der Waals surface area contributed by atoms with Crippen molar-refractivity contribution in [2.45, 2.75) is 13.0 Å². The summed E-state index contributed by atoms with van der Waals surface area (Å²) >= 11 is 7.47. The lowest BCUT2D eigenvalue weighted by Gasteiger charge is -2.22. The molecule has 8 heteroatoms. The maximum Gasteiger partial charge on any atom is 0.261 e. The lowest BCUT2D eigenvalue weighted by molar-refractivity contribution is -0.890. The lowest BCUT2D eigenvalue weighted by Crippen LogP contribution is -3.07. The molecule has 0 spiro atoms. The van der Waals surface area contributed by atoms with Crippen LogP contribution in [-0.4, -0.2) is 43.4 Å². The fraction of sp³-hybridized carbons (Fsp3) is 0.250. The fourth-order valence-corrected chi connectivity index (χ4v) is 4.92. The Bertz CT molecular complexity index is 1230. The number of thiophene rings is 1. The van der Waals surface area contributed by atoms with Crippen molar-refractivity contribution in [3.05, 3.63) is 75.8 Å². The van der Waals surface area contributed by atoms with Crippen LogP contribution in [0.3, 0.4) is 0 Å². The third kappa shape index (κ3) is 4.50. The fourth-order valence-electron chi connectivity index (χ4n) is 3.69. The van der Waals surface area contributed by atoms with Gasteiger partial charge in [-0.2, -0.15) is 5.10 Å². The number of hydrogen-bond donors (Lipinski definition) is 2. The third-order valence-electron chi connectivity index (χ3n) is 5.52. The molecule has 32 heavy (non-hydrogen) atoms. The maximum absolute atomic E-state index is 13.0. The smallest absolute Gasteiger partial charge is 0.261 e. The molecule has 0 aliphatic heterocycles. The largest absolute Gasteiger partial charge is 0.497 e. The SMILES string of the molecule is COc1ccc([C@H](CNC(=O)c2cc3c(C)nn(-c4ccc(Cl)cc4)c3s2)[NH+](C)C)cc1. The normalized spacial score (nSPS) is 12.3. The maximum atomic E-state index is 13.0. The van der Waals surface area contributed by atoms with Crippen molar-refractivity contribution in [3.8, 4) is 11.4 Å². The quantitative estimate of drug-likeness (QED) is 0.434. The summed E-state index contributed by atoms with van der Waals surface area (Å²) in [6, 6.07) is 17.6. The highest BCUT2D eigenvalue weighted by Gasteiger charge is 2.21. The summed E-state index contributed by atoms with van der Waals surface area (Å²) in [6.07, 6.45) is 0. The van der Waals surface area contributed by atoms with Gasteiger partial charge in [-0.05, 0) is 61.5 Å². The minimum absolute atomic E-state index is 0.0759. The van der Waals surface area contributed by atoms with Gasteiger partial charge in [-0.3, -0.25) is 4.79 Å². The third-order valence-corrected chi connectivity index (χ3v) is 6.88. The van der Waals surface area contributed by atoms with Crippen molar-refractivity contribution in [2.75, 3.05) is 27.7 Å². The van der Waals surface area contributed by atoms with Gasteiger partial charge in [0.05, 0.1) is 44.0 Å². The first kappa shape index (κ1) is 22.3. The van der Waals surface area contributed by atoms with Gasteiger partial charge in [-0.1, -0.05) is 11.6 Å². The van der Waals surface area contributed by atoms with E-state index in [0.717, 1.165) is 32.9 Å². The van der Waals surface area contributed by atoms with E-state index >= 15 is 0 Å². The minimum Gasteiger partial charge on any atom is -0.497 e. The Hall–Kier alpha value is -2.87. The summed E-state index contributed by atoms with van der Waals surface area (Å²) in [7, 11) is 5.83. The number of amides is 1. The van der Waals surface area contributed by atoms with Gasteiger partial charge in [-0.15, -0.1) is 11.3 Å². The molecule has 1 amide bonds. The molecule has 0 fully saturated rings. The van der Waals surface area contributed by atoms with Crippen LogP contribution in [0.25, 0.3) is 15.9 Å². The summed E-state index contributed by atoms with van der Waals surface area (Å²) in [4.78, 5) is 15.9. The van der Waals surface area contributed by atoms with Crippen molar-refractivity contribution in [1.29, 1.82) is 0 Å². The summed E-state index contributed by atoms with van der Waals surface area (Å²) in [5, 5.41) is 9.42. The standard InChI is InChI=1S/C24H25ClN4O2S/c1-15-20-13-22(32-24(20)29(27-15)18-9-7-17(25)8-10-18)23(30)26-14-21(28(2)3)16-5-11-19(31-4)12-6-16/h5-13,21H,14H2,1-4H3,(H,26,30)/p+1/t21-/m0/s1. The van der Waals surface area contributed by atoms with Crippen molar-refractivity contribution >= 4 is 39.1 Å². The number of rotatable bonds is 7. The Morgan fingerprint density at radius 2 is 1.88 bits per heavy atom. The molecule has 4 aromatic rings. The number of methoxy groups -OCH3 is 1. The molecule has 0 aliphatic carbocycles. The van der Waals surface area contributed by atoms with E-state index in [0.29, 0.717) is 16.4 Å². The highest BCUT2D eigenvalue weighted by atomic mass is 35.5. The van der Waals surface area contributed by atoms with Crippen LogP contribution in [0.4, 0.5) is 0 Å². The highest BCUT2D eigenvalue weighted by Crippen LogP contribution is 2.30. The van der Waals surface area contributed by atoms with Gasteiger partial charge >= 0.3 is 0 Å². The molecule has 4 rings (SSSR count). The monoisotopic (exact) mass is 469 g/mol. The van der Waals surface area contributed by atoms with Crippen LogP contribution in [0.15, 0.2) is 54.6 Å². The van der Waals surface area contributed by atoms with Crippen LogP contribution in [-0.2, 0) is 0 Å². The van der Waals surface area contributed by atoms with Gasteiger partial charge in [0.25, 0.3) is 5.91 Å².